The van der Waals surface area contributed by atoms with Gasteiger partial charge in [-0.05, 0) is 25.3 Å². The van der Waals surface area contributed by atoms with Gasteiger partial charge in [0.05, 0.1) is 0 Å². The summed E-state index contributed by atoms with van der Waals surface area (Å²) in [5.74, 6) is 0.604. The second-order valence-corrected chi connectivity index (χ2v) is 6.05. The second-order valence-electron chi connectivity index (χ2n) is 6.05. The number of amides is 1. The van der Waals surface area contributed by atoms with E-state index in [4.69, 9.17) is 5.73 Å². The van der Waals surface area contributed by atoms with E-state index in [1.807, 2.05) is 0 Å². The zero-order valence-electron chi connectivity index (χ0n) is 14.0. The van der Waals surface area contributed by atoms with Crippen LogP contribution in [-0.4, -0.2) is 30.4 Å². The van der Waals surface area contributed by atoms with E-state index in [9.17, 15) is 4.79 Å². The SMILES string of the molecule is CCCCCCN(CCCCCC)C(=O)CC(C)CN. The van der Waals surface area contributed by atoms with E-state index in [0.29, 0.717) is 24.8 Å². The summed E-state index contributed by atoms with van der Waals surface area (Å²) in [5, 5.41) is 0. The first-order valence-corrected chi connectivity index (χ1v) is 8.63. The van der Waals surface area contributed by atoms with Crippen LogP contribution in [0.4, 0.5) is 0 Å². The molecule has 120 valence electrons. The van der Waals surface area contributed by atoms with E-state index >= 15 is 0 Å². The normalized spacial score (nSPS) is 12.4. The van der Waals surface area contributed by atoms with Gasteiger partial charge in [0.25, 0.3) is 0 Å². The maximum absolute atomic E-state index is 12.3. The van der Waals surface area contributed by atoms with E-state index in [0.717, 1.165) is 25.9 Å². The first kappa shape index (κ1) is 19.4. The first-order valence-electron chi connectivity index (χ1n) is 8.63. The fourth-order valence-electron chi connectivity index (χ4n) is 2.33. The predicted molar refractivity (Wildman–Crippen MR) is 87.7 cm³/mol. The molecule has 1 unspecified atom stereocenters. The van der Waals surface area contributed by atoms with Gasteiger partial charge in [0.2, 0.25) is 5.91 Å². The Morgan fingerprint density at radius 1 is 0.950 bits per heavy atom. The fourth-order valence-corrected chi connectivity index (χ4v) is 2.33. The molecular formula is C17H36N2O. The highest BCUT2D eigenvalue weighted by molar-refractivity contribution is 5.76. The van der Waals surface area contributed by atoms with Gasteiger partial charge >= 0.3 is 0 Å². The lowest BCUT2D eigenvalue weighted by atomic mass is 10.1. The number of carbonyl (C=O) groups is 1. The Morgan fingerprint density at radius 2 is 1.45 bits per heavy atom. The van der Waals surface area contributed by atoms with Gasteiger partial charge < -0.3 is 10.6 Å². The largest absolute Gasteiger partial charge is 0.343 e. The molecule has 0 fully saturated rings. The summed E-state index contributed by atoms with van der Waals surface area (Å²) in [6.07, 6.45) is 10.4. The van der Waals surface area contributed by atoms with Crippen LogP contribution in [0.25, 0.3) is 0 Å². The van der Waals surface area contributed by atoms with Gasteiger partial charge in [-0.25, -0.2) is 0 Å². The summed E-state index contributed by atoms with van der Waals surface area (Å²) in [4.78, 5) is 14.4. The predicted octanol–water partition coefficient (Wildman–Crippen LogP) is 3.96. The van der Waals surface area contributed by atoms with Crippen molar-refractivity contribution in [1.82, 2.24) is 4.90 Å². The summed E-state index contributed by atoms with van der Waals surface area (Å²) >= 11 is 0. The summed E-state index contributed by atoms with van der Waals surface area (Å²) < 4.78 is 0. The monoisotopic (exact) mass is 284 g/mol. The Kier molecular flexibility index (Phi) is 13.0. The zero-order valence-corrected chi connectivity index (χ0v) is 14.0. The lowest BCUT2D eigenvalue weighted by molar-refractivity contribution is -0.132. The van der Waals surface area contributed by atoms with E-state index in [-0.39, 0.29) is 0 Å². The average molecular weight is 284 g/mol. The van der Waals surface area contributed by atoms with Gasteiger partial charge in [-0.3, -0.25) is 4.79 Å². The third kappa shape index (κ3) is 10.2. The molecule has 0 bridgehead atoms. The highest BCUT2D eigenvalue weighted by atomic mass is 16.2. The molecule has 0 aromatic rings. The lowest BCUT2D eigenvalue weighted by Crippen LogP contribution is -2.34. The maximum atomic E-state index is 12.3. The summed E-state index contributed by atoms with van der Waals surface area (Å²) in [7, 11) is 0. The minimum Gasteiger partial charge on any atom is -0.343 e. The molecule has 0 aliphatic rings. The topological polar surface area (TPSA) is 46.3 Å². The molecule has 1 amide bonds. The molecule has 0 aromatic carbocycles. The number of hydrogen-bond donors (Lipinski definition) is 1. The van der Waals surface area contributed by atoms with Crippen molar-refractivity contribution in [3.63, 3.8) is 0 Å². The van der Waals surface area contributed by atoms with Gasteiger partial charge in [-0.1, -0.05) is 59.3 Å². The molecule has 0 saturated carbocycles. The molecule has 0 saturated heterocycles. The van der Waals surface area contributed by atoms with Crippen LogP contribution in [0.2, 0.25) is 0 Å². The molecule has 0 spiro atoms. The number of nitrogens with two attached hydrogens (primary N) is 1. The minimum atomic E-state index is 0.302. The van der Waals surface area contributed by atoms with Gasteiger partial charge in [-0.2, -0.15) is 0 Å². The molecule has 1 atom stereocenters. The Morgan fingerprint density at radius 3 is 1.85 bits per heavy atom. The lowest BCUT2D eigenvalue weighted by Gasteiger charge is -2.24. The highest BCUT2D eigenvalue weighted by Crippen LogP contribution is 2.09. The van der Waals surface area contributed by atoms with Crippen molar-refractivity contribution in [2.75, 3.05) is 19.6 Å². The summed E-state index contributed by atoms with van der Waals surface area (Å²) in [6.45, 7) is 8.97. The number of nitrogens with zero attached hydrogens (tertiary/aromatic N) is 1. The molecule has 0 rings (SSSR count). The van der Waals surface area contributed by atoms with Gasteiger partial charge in [0.15, 0.2) is 0 Å². The van der Waals surface area contributed by atoms with Crippen LogP contribution < -0.4 is 5.73 Å². The minimum absolute atomic E-state index is 0.302. The third-order valence-corrected chi connectivity index (χ3v) is 3.84. The number of rotatable bonds is 13. The third-order valence-electron chi connectivity index (χ3n) is 3.84. The van der Waals surface area contributed by atoms with Crippen molar-refractivity contribution in [3.8, 4) is 0 Å². The van der Waals surface area contributed by atoms with E-state index in [1.54, 1.807) is 0 Å². The van der Waals surface area contributed by atoms with E-state index in [1.165, 1.54) is 38.5 Å². The number of carbonyl (C=O) groups excluding carboxylic acids is 1. The van der Waals surface area contributed by atoms with Crippen LogP contribution in [0, 0.1) is 5.92 Å². The molecular weight excluding hydrogens is 248 g/mol. The van der Waals surface area contributed by atoms with E-state index in [2.05, 4.69) is 25.7 Å². The molecule has 0 radical (unpaired) electrons. The Bertz CT molecular complexity index is 219. The van der Waals surface area contributed by atoms with Crippen LogP contribution in [0.1, 0.15) is 78.6 Å². The van der Waals surface area contributed by atoms with E-state index < -0.39 is 0 Å². The van der Waals surface area contributed by atoms with Crippen molar-refractivity contribution in [2.45, 2.75) is 78.6 Å². The second kappa shape index (κ2) is 13.4. The molecule has 0 aromatic heterocycles. The van der Waals surface area contributed by atoms with Crippen LogP contribution in [0.3, 0.4) is 0 Å². The zero-order chi connectivity index (χ0) is 15.2. The molecule has 20 heavy (non-hydrogen) atoms. The fraction of sp³-hybridized carbons (Fsp3) is 0.941. The Hall–Kier alpha value is -0.570. The molecule has 0 heterocycles. The van der Waals surface area contributed by atoms with Crippen molar-refractivity contribution in [1.29, 1.82) is 0 Å². The molecule has 2 N–H and O–H groups in total. The Balaban J connectivity index is 4.11. The first-order chi connectivity index (χ1) is 9.65. The van der Waals surface area contributed by atoms with Crippen molar-refractivity contribution >= 4 is 5.91 Å². The van der Waals surface area contributed by atoms with Crippen LogP contribution in [-0.2, 0) is 4.79 Å². The molecule has 3 nitrogen and oxygen atoms in total. The summed E-state index contributed by atoms with van der Waals surface area (Å²) in [6, 6.07) is 0. The van der Waals surface area contributed by atoms with Crippen molar-refractivity contribution in [3.05, 3.63) is 0 Å². The number of unbranched alkanes of at least 4 members (excludes halogenated alkanes) is 6. The average Bonchev–Trinajstić information content (AvgIpc) is 2.45. The highest BCUT2D eigenvalue weighted by Gasteiger charge is 2.15. The van der Waals surface area contributed by atoms with Crippen LogP contribution in [0.15, 0.2) is 0 Å². The smallest absolute Gasteiger partial charge is 0.222 e. The quantitative estimate of drug-likeness (QED) is 0.520. The van der Waals surface area contributed by atoms with Gasteiger partial charge in [-0.15, -0.1) is 0 Å². The maximum Gasteiger partial charge on any atom is 0.222 e. The van der Waals surface area contributed by atoms with Crippen LogP contribution >= 0.6 is 0 Å². The Labute approximate surface area is 126 Å². The van der Waals surface area contributed by atoms with Crippen LogP contribution in [0.5, 0.6) is 0 Å². The van der Waals surface area contributed by atoms with Gasteiger partial charge in [0, 0.05) is 19.5 Å². The van der Waals surface area contributed by atoms with Gasteiger partial charge in [0.1, 0.15) is 0 Å². The van der Waals surface area contributed by atoms with Crippen molar-refractivity contribution < 1.29 is 4.79 Å². The number of hydrogen-bond acceptors (Lipinski definition) is 2. The molecule has 3 heteroatoms. The molecule has 0 aliphatic carbocycles. The van der Waals surface area contributed by atoms with Crippen molar-refractivity contribution in [2.24, 2.45) is 11.7 Å². The standard InChI is InChI=1S/C17H36N2O/c1-4-6-8-10-12-19(13-11-9-7-5-2)17(20)14-16(3)15-18/h16H,4-15,18H2,1-3H3. The summed E-state index contributed by atoms with van der Waals surface area (Å²) in [5.41, 5.74) is 5.63. The molecule has 0 aliphatic heterocycles.